The minimum Gasteiger partial charge on any atom is -0.351 e. The summed E-state index contributed by atoms with van der Waals surface area (Å²) in [6.45, 7) is -0.313. The van der Waals surface area contributed by atoms with E-state index < -0.39 is 23.2 Å². The number of nitrogens with two attached hydrogens (primary N) is 1. The smallest absolute Gasteiger partial charge is 0.332 e. The number of fused-ring (bicyclic) bond motifs is 1. The molecule has 0 saturated carbocycles. The van der Waals surface area contributed by atoms with E-state index in [9.17, 15) is 19.2 Å². The van der Waals surface area contributed by atoms with Gasteiger partial charge in [-0.15, -0.1) is 0 Å². The molecule has 2 rings (SSSR count). The Bertz CT molecular complexity index is 827. The monoisotopic (exact) mass is 280 g/mol. The summed E-state index contributed by atoms with van der Waals surface area (Å²) in [5.74, 6) is -0.687. The van der Waals surface area contributed by atoms with Crippen molar-refractivity contribution in [1.29, 1.82) is 0 Å². The first-order valence-corrected chi connectivity index (χ1v) is 5.53. The zero-order valence-electron chi connectivity index (χ0n) is 10.8. The van der Waals surface area contributed by atoms with Gasteiger partial charge in [0.15, 0.2) is 11.2 Å². The van der Waals surface area contributed by atoms with E-state index in [1.807, 2.05) is 5.32 Å². The average Bonchev–Trinajstić information content (AvgIpc) is 2.76. The van der Waals surface area contributed by atoms with Gasteiger partial charge in [0.2, 0.25) is 5.91 Å². The number of carbonyl (C=O) groups is 2. The molecule has 2 aromatic rings. The molecule has 0 bridgehead atoms. The van der Waals surface area contributed by atoms with Gasteiger partial charge < -0.3 is 10.3 Å². The Morgan fingerprint density at radius 1 is 1.30 bits per heavy atom. The van der Waals surface area contributed by atoms with Gasteiger partial charge in [0.05, 0.1) is 6.33 Å². The molecule has 0 aliphatic rings. The number of nitrogens with zero attached hydrogens (tertiary/aromatic N) is 4. The van der Waals surface area contributed by atoms with Crippen LogP contribution in [0.1, 0.15) is 0 Å². The van der Waals surface area contributed by atoms with Crippen LogP contribution < -0.4 is 22.3 Å². The maximum absolute atomic E-state index is 12.1. The highest BCUT2D eigenvalue weighted by atomic mass is 16.2. The number of imidazole rings is 1. The first-order chi connectivity index (χ1) is 9.32. The van der Waals surface area contributed by atoms with E-state index in [2.05, 4.69) is 4.98 Å². The normalized spacial score (nSPS) is 10.7. The number of amides is 3. The molecule has 3 amide bonds. The molecule has 0 aromatic carbocycles. The number of aryl methyl sites for hydroxylation is 1. The summed E-state index contributed by atoms with van der Waals surface area (Å²) in [5, 5.41) is 1.88. The largest absolute Gasteiger partial charge is 0.351 e. The van der Waals surface area contributed by atoms with Crippen LogP contribution in [0.2, 0.25) is 0 Å². The second-order valence-electron chi connectivity index (χ2n) is 4.16. The summed E-state index contributed by atoms with van der Waals surface area (Å²) in [4.78, 5) is 49.7. The number of nitrogens with one attached hydrogen (secondary N) is 1. The molecule has 0 spiro atoms. The second-order valence-corrected chi connectivity index (χ2v) is 4.16. The summed E-state index contributed by atoms with van der Waals surface area (Å²) < 4.78 is 3.35. The summed E-state index contributed by atoms with van der Waals surface area (Å²) in [7, 11) is 2.79. The molecule has 0 unspecified atom stereocenters. The lowest BCUT2D eigenvalue weighted by Crippen LogP contribution is -2.39. The zero-order chi connectivity index (χ0) is 15.0. The summed E-state index contributed by atoms with van der Waals surface area (Å²) in [6.07, 6.45) is 1.24. The number of imide groups is 1. The van der Waals surface area contributed by atoms with E-state index in [1.54, 1.807) is 0 Å². The van der Waals surface area contributed by atoms with Crippen LogP contribution in [0.15, 0.2) is 15.9 Å². The molecule has 0 aliphatic carbocycles. The van der Waals surface area contributed by atoms with Crippen molar-refractivity contribution in [2.24, 2.45) is 19.8 Å². The van der Waals surface area contributed by atoms with Crippen LogP contribution in [0.5, 0.6) is 0 Å². The van der Waals surface area contributed by atoms with Crippen molar-refractivity contribution >= 4 is 23.1 Å². The number of hydrogen-bond donors (Lipinski definition) is 2. The first-order valence-electron chi connectivity index (χ1n) is 5.53. The summed E-state index contributed by atoms with van der Waals surface area (Å²) >= 11 is 0. The maximum Gasteiger partial charge on any atom is 0.332 e. The van der Waals surface area contributed by atoms with Crippen LogP contribution in [-0.2, 0) is 25.4 Å². The Morgan fingerprint density at radius 2 is 1.95 bits per heavy atom. The number of primary amides is 1. The minimum absolute atomic E-state index is 0.0919. The van der Waals surface area contributed by atoms with Crippen molar-refractivity contribution in [3.63, 3.8) is 0 Å². The standard InChI is InChI=1S/C10H12N6O4/c1-14-7-6(8(18)15(2)10(14)20)16(4-12-7)3-5(17)13-9(11)19/h4H,3H2,1-2H3,(H3,11,13,17,19). The summed E-state index contributed by atoms with van der Waals surface area (Å²) in [6, 6.07) is -0.986. The van der Waals surface area contributed by atoms with E-state index in [0.29, 0.717) is 0 Å². The van der Waals surface area contributed by atoms with Crippen molar-refractivity contribution < 1.29 is 9.59 Å². The lowest BCUT2D eigenvalue weighted by atomic mass is 10.4. The number of hydrogen-bond acceptors (Lipinski definition) is 5. The van der Waals surface area contributed by atoms with Crippen LogP contribution in [0.25, 0.3) is 11.2 Å². The Hall–Kier alpha value is -2.91. The van der Waals surface area contributed by atoms with E-state index in [1.165, 1.54) is 29.6 Å². The third kappa shape index (κ3) is 2.06. The van der Waals surface area contributed by atoms with E-state index in [0.717, 1.165) is 4.57 Å². The third-order valence-electron chi connectivity index (χ3n) is 2.79. The molecule has 0 aliphatic heterocycles. The topological polar surface area (TPSA) is 134 Å². The third-order valence-corrected chi connectivity index (χ3v) is 2.79. The molecule has 10 heteroatoms. The summed E-state index contributed by atoms with van der Waals surface area (Å²) in [5.41, 5.74) is 3.98. The van der Waals surface area contributed by atoms with Crippen LogP contribution in [0.4, 0.5) is 4.79 Å². The van der Waals surface area contributed by atoms with Gasteiger partial charge in [-0.05, 0) is 0 Å². The van der Waals surface area contributed by atoms with Gasteiger partial charge in [-0.25, -0.2) is 14.6 Å². The molecule has 10 nitrogen and oxygen atoms in total. The highest BCUT2D eigenvalue weighted by molar-refractivity contribution is 5.93. The van der Waals surface area contributed by atoms with Gasteiger partial charge in [-0.2, -0.15) is 0 Å². The van der Waals surface area contributed by atoms with E-state index >= 15 is 0 Å². The van der Waals surface area contributed by atoms with Gasteiger partial charge in [0.1, 0.15) is 6.54 Å². The Kier molecular flexibility index (Phi) is 3.14. The molecular formula is C10H12N6O4. The van der Waals surface area contributed by atoms with Crippen LogP contribution in [-0.4, -0.2) is 30.6 Å². The van der Waals surface area contributed by atoms with Gasteiger partial charge in [-0.3, -0.25) is 24.0 Å². The molecule has 0 atom stereocenters. The van der Waals surface area contributed by atoms with E-state index in [4.69, 9.17) is 5.73 Å². The molecule has 2 aromatic heterocycles. The van der Waals surface area contributed by atoms with Gasteiger partial charge in [-0.1, -0.05) is 0 Å². The quantitative estimate of drug-likeness (QED) is 0.634. The highest BCUT2D eigenvalue weighted by Gasteiger charge is 2.16. The fourth-order valence-corrected chi connectivity index (χ4v) is 1.85. The predicted molar refractivity (Wildman–Crippen MR) is 67.9 cm³/mol. The number of carbonyl (C=O) groups excluding carboxylic acids is 2. The minimum atomic E-state index is -0.986. The molecule has 0 fully saturated rings. The van der Waals surface area contributed by atoms with Crippen molar-refractivity contribution in [3.8, 4) is 0 Å². The molecule has 0 radical (unpaired) electrons. The Labute approximate surface area is 111 Å². The maximum atomic E-state index is 12.1. The molecule has 2 heterocycles. The van der Waals surface area contributed by atoms with Crippen molar-refractivity contribution in [2.75, 3.05) is 0 Å². The van der Waals surface area contributed by atoms with E-state index in [-0.39, 0.29) is 17.7 Å². The second kappa shape index (κ2) is 4.64. The number of aromatic nitrogens is 4. The zero-order valence-corrected chi connectivity index (χ0v) is 10.8. The van der Waals surface area contributed by atoms with Gasteiger partial charge in [0.25, 0.3) is 5.56 Å². The highest BCUT2D eigenvalue weighted by Crippen LogP contribution is 2.04. The van der Waals surface area contributed by atoms with Crippen molar-refractivity contribution in [1.82, 2.24) is 24.0 Å². The van der Waals surface area contributed by atoms with Gasteiger partial charge in [0, 0.05) is 14.1 Å². The van der Waals surface area contributed by atoms with Crippen LogP contribution in [0.3, 0.4) is 0 Å². The molecule has 3 N–H and O–H groups in total. The average molecular weight is 280 g/mol. The fourth-order valence-electron chi connectivity index (χ4n) is 1.85. The Morgan fingerprint density at radius 3 is 2.55 bits per heavy atom. The molecule has 106 valence electrons. The number of rotatable bonds is 2. The molecule has 20 heavy (non-hydrogen) atoms. The first kappa shape index (κ1) is 13.5. The Balaban J connectivity index is 2.58. The lowest BCUT2D eigenvalue weighted by Gasteiger charge is -2.06. The fraction of sp³-hybridized carbons (Fsp3) is 0.300. The predicted octanol–water partition coefficient (Wildman–Crippen LogP) is -2.37. The van der Waals surface area contributed by atoms with Crippen LogP contribution >= 0.6 is 0 Å². The van der Waals surface area contributed by atoms with Gasteiger partial charge >= 0.3 is 11.7 Å². The molecular weight excluding hydrogens is 268 g/mol. The van der Waals surface area contributed by atoms with Crippen molar-refractivity contribution in [3.05, 3.63) is 27.2 Å². The van der Waals surface area contributed by atoms with Crippen molar-refractivity contribution in [2.45, 2.75) is 6.54 Å². The molecule has 0 saturated heterocycles. The SMILES string of the molecule is Cn1c(=O)c2c(ncn2CC(=O)NC(N)=O)n(C)c1=O. The van der Waals surface area contributed by atoms with Crippen LogP contribution in [0, 0.1) is 0 Å². The lowest BCUT2D eigenvalue weighted by molar-refractivity contribution is -0.120. The number of urea groups is 1.